The number of hydrogen-bond donors (Lipinski definition) is 0. The largest absolute Gasteiger partial charge is 0.334 e. The fourth-order valence-corrected chi connectivity index (χ4v) is 2.88. The molecule has 1 fully saturated rings. The van der Waals surface area contributed by atoms with Gasteiger partial charge in [0.1, 0.15) is 0 Å². The van der Waals surface area contributed by atoms with Crippen molar-refractivity contribution in [1.82, 2.24) is 9.80 Å². The van der Waals surface area contributed by atoms with Gasteiger partial charge in [-0.25, -0.2) is 0 Å². The third kappa shape index (κ3) is 4.18. The van der Waals surface area contributed by atoms with Gasteiger partial charge in [0.15, 0.2) is 0 Å². The third-order valence-electron chi connectivity index (χ3n) is 4.30. The Morgan fingerprint density at radius 1 is 1.17 bits per heavy atom. The van der Waals surface area contributed by atoms with Crippen LogP contribution in [0.5, 0.6) is 0 Å². The van der Waals surface area contributed by atoms with Gasteiger partial charge in [0.25, 0.3) is 5.91 Å². The van der Waals surface area contributed by atoms with E-state index in [-0.39, 0.29) is 30.6 Å². The number of benzene rings is 1. The molecule has 0 aliphatic carbocycles. The summed E-state index contributed by atoms with van der Waals surface area (Å²) in [4.78, 5) is 39.7. The topological polar surface area (TPSA) is 57.7 Å². The average molecular weight is 316 g/mol. The molecule has 1 aromatic carbocycles. The number of carbonyl (C=O) groups is 3. The number of rotatable bonds is 5. The van der Waals surface area contributed by atoms with Crippen LogP contribution in [0.4, 0.5) is 0 Å². The van der Waals surface area contributed by atoms with Crippen molar-refractivity contribution >= 4 is 17.6 Å². The highest BCUT2D eigenvalue weighted by molar-refractivity contribution is 6.36. The lowest BCUT2D eigenvalue weighted by Crippen LogP contribution is -2.45. The molecule has 1 saturated heterocycles. The molecule has 1 atom stereocenters. The Balaban J connectivity index is 2.15. The van der Waals surface area contributed by atoms with E-state index in [0.29, 0.717) is 19.6 Å². The van der Waals surface area contributed by atoms with Crippen LogP contribution in [0.15, 0.2) is 30.3 Å². The zero-order valence-corrected chi connectivity index (χ0v) is 13.8. The lowest BCUT2D eigenvalue weighted by Gasteiger charge is -2.31. The highest BCUT2D eigenvalue weighted by Gasteiger charge is 2.32. The fraction of sp³-hybridized carbons (Fsp3) is 0.500. The fourth-order valence-electron chi connectivity index (χ4n) is 2.88. The predicted molar refractivity (Wildman–Crippen MR) is 87.6 cm³/mol. The quantitative estimate of drug-likeness (QED) is 0.781. The molecule has 1 heterocycles. The molecule has 23 heavy (non-hydrogen) atoms. The molecule has 5 nitrogen and oxygen atoms in total. The first-order valence-corrected chi connectivity index (χ1v) is 8.22. The Morgan fingerprint density at radius 3 is 2.48 bits per heavy atom. The van der Waals surface area contributed by atoms with Gasteiger partial charge in [-0.05, 0) is 12.0 Å². The highest BCUT2D eigenvalue weighted by atomic mass is 16.2. The van der Waals surface area contributed by atoms with Crippen molar-refractivity contribution in [2.75, 3.05) is 13.1 Å². The number of nitrogens with zero attached hydrogens (tertiary/aromatic N) is 2. The Hall–Kier alpha value is -2.17. The molecule has 0 spiro atoms. The molecule has 1 aromatic rings. The smallest absolute Gasteiger partial charge is 0.290 e. The number of carbonyl (C=O) groups excluding carboxylic acids is 3. The summed E-state index contributed by atoms with van der Waals surface area (Å²) in [5, 5.41) is 0. The second-order valence-corrected chi connectivity index (χ2v) is 5.85. The summed E-state index contributed by atoms with van der Waals surface area (Å²) in [5.41, 5.74) is 1.07. The lowest BCUT2D eigenvalue weighted by atomic mass is 10.1. The molecule has 0 saturated carbocycles. The summed E-state index contributed by atoms with van der Waals surface area (Å²) < 4.78 is 0. The minimum atomic E-state index is -0.458. The van der Waals surface area contributed by atoms with Crippen LogP contribution in [0, 0.1) is 0 Å². The second kappa shape index (κ2) is 7.90. The third-order valence-corrected chi connectivity index (χ3v) is 4.30. The Morgan fingerprint density at radius 2 is 1.87 bits per heavy atom. The van der Waals surface area contributed by atoms with Gasteiger partial charge in [-0.3, -0.25) is 14.4 Å². The van der Waals surface area contributed by atoms with Crippen molar-refractivity contribution in [2.24, 2.45) is 0 Å². The van der Waals surface area contributed by atoms with E-state index in [9.17, 15) is 14.4 Å². The number of hydrogen-bond acceptors (Lipinski definition) is 3. The molecule has 0 aromatic heterocycles. The molecule has 2 amide bonds. The van der Waals surface area contributed by atoms with Crippen LogP contribution in [0.2, 0.25) is 0 Å². The summed E-state index contributed by atoms with van der Waals surface area (Å²) in [5.74, 6) is -0.802. The van der Waals surface area contributed by atoms with Gasteiger partial charge < -0.3 is 9.80 Å². The van der Waals surface area contributed by atoms with E-state index in [1.807, 2.05) is 42.2 Å². The number of ketones is 1. The van der Waals surface area contributed by atoms with Gasteiger partial charge in [-0.15, -0.1) is 0 Å². The Kier molecular flexibility index (Phi) is 5.90. The van der Waals surface area contributed by atoms with E-state index < -0.39 is 5.91 Å². The van der Waals surface area contributed by atoms with Crippen molar-refractivity contribution in [2.45, 2.75) is 45.7 Å². The predicted octanol–water partition coefficient (Wildman–Crippen LogP) is 2.01. The zero-order chi connectivity index (χ0) is 16.8. The minimum Gasteiger partial charge on any atom is -0.334 e. The highest BCUT2D eigenvalue weighted by Crippen LogP contribution is 2.18. The van der Waals surface area contributed by atoms with Crippen LogP contribution in [0.25, 0.3) is 0 Å². The van der Waals surface area contributed by atoms with Crippen molar-refractivity contribution in [3.05, 3.63) is 35.9 Å². The van der Waals surface area contributed by atoms with Gasteiger partial charge in [0.05, 0.1) is 0 Å². The first-order chi connectivity index (χ1) is 11.1. The second-order valence-electron chi connectivity index (χ2n) is 5.85. The van der Waals surface area contributed by atoms with Gasteiger partial charge in [0, 0.05) is 38.5 Å². The maximum Gasteiger partial charge on any atom is 0.290 e. The number of amides is 2. The summed E-state index contributed by atoms with van der Waals surface area (Å²) in [6.07, 6.45) is 1.22. The van der Waals surface area contributed by atoms with Crippen LogP contribution < -0.4 is 0 Å². The molecule has 0 bridgehead atoms. The van der Waals surface area contributed by atoms with E-state index in [1.54, 1.807) is 11.8 Å². The molecule has 1 aliphatic heterocycles. The van der Waals surface area contributed by atoms with Crippen molar-refractivity contribution in [3.63, 3.8) is 0 Å². The molecule has 5 heteroatoms. The van der Waals surface area contributed by atoms with Crippen LogP contribution in [0.1, 0.15) is 38.7 Å². The van der Waals surface area contributed by atoms with Crippen LogP contribution in [0.3, 0.4) is 0 Å². The number of Topliss-reactive ketones (excluding diaryl/α,β-unsaturated/α-hetero) is 1. The molecule has 1 unspecified atom stereocenters. The monoisotopic (exact) mass is 316 g/mol. The van der Waals surface area contributed by atoms with E-state index in [4.69, 9.17) is 0 Å². The van der Waals surface area contributed by atoms with Gasteiger partial charge >= 0.3 is 0 Å². The molecular formula is C18H24N2O3. The van der Waals surface area contributed by atoms with E-state index in [2.05, 4.69) is 0 Å². The summed E-state index contributed by atoms with van der Waals surface area (Å²) in [6, 6.07) is 9.78. The maximum absolute atomic E-state index is 12.5. The van der Waals surface area contributed by atoms with E-state index in [0.717, 1.165) is 12.0 Å². The van der Waals surface area contributed by atoms with E-state index >= 15 is 0 Å². The summed E-state index contributed by atoms with van der Waals surface area (Å²) >= 11 is 0. The Labute approximate surface area is 137 Å². The SMILES string of the molecule is CCC(=O)C(=O)N1CCC(=O)N(Cc2ccccc2)C(CC)C1. The standard InChI is InChI=1S/C18H24N2O3/c1-3-15-13-19(18(23)16(21)4-2)11-10-17(22)20(15)12-14-8-6-5-7-9-14/h5-9,15H,3-4,10-13H2,1-2H3. The molecule has 0 radical (unpaired) electrons. The van der Waals surface area contributed by atoms with Crippen molar-refractivity contribution < 1.29 is 14.4 Å². The maximum atomic E-state index is 12.5. The summed E-state index contributed by atoms with van der Waals surface area (Å²) in [7, 11) is 0. The first kappa shape index (κ1) is 17.2. The zero-order valence-electron chi connectivity index (χ0n) is 13.8. The van der Waals surface area contributed by atoms with Gasteiger partial charge in [0.2, 0.25) is 11.7 Å². The lowest BCUT2D eigenvalue weighted by molar-refractivity contribution is -0.144. The molecular weight excluding hydrogens is 292 g/mol. The van der Waals surface area contributed by atoms with Crippen LogP contribution in [-0.4, -0.2) is 46.5 Å². The van der Waals surface area contributed by atoms with Gasteiger partial charge in [-0.1, -0.05) is 44.2 Å². The van der Waals surface area contributed by atoms with Crippen LogP contribution in [-0.2, 0) is 20.9 Å². The molecule has 124 valence electrons. The first-order valence-electron chi connectivity index (χ1n) is 8.22. The molecule has 1 aliphatic rings. The minimum absolute atomic E-state index is 0.0416. The molecule has 0 N–H and O–H groups in total. The average Bonchev–Trinajstić information content (AvgIpc) is 2.74. The normalized spacial score (nSPS) is 18.7. The van der Waals surface area contributed by atoms with Crippen molar-refractivity contribution in [3.8, 4) is 0 Å². The van der Waals surface area contributed by atoms with E-state index in [1.165, 1.54) is 0 Å². The van der Waals surface area contributed by atoms with Crippen LogP contribution >= 0.6 is 0 Å². The van der Waals surface area contributed by atoms with Crippen molar-refractivity contribution in [1.29, 1.82) is 0 Å². The van der Waals surface area contributed by atoms with Gasteiger partial charge in [-0.2, -0.15) is 0 Å². The molecule has 2 rings (SSSR count). The summed E-state index contributed by atoms with van der Waals surface area (Å²) in [6.45, 7) is 4.99. The Bertz CT molecular complexity index is 571.